The van der Waals surface area contributed by atoms with Gasteiger partial charge in [-0.3, -0.25) is 0 Å². The van der Waals surface area contributed by atoms with Crippen LogP contribution in [-0.2, 0) is 6.42 Å². The van der Waals surface area contributed by atoms with Crippen LogP contribution >= 0.6 is 11.3 Å². The molecule has 0 fully saturated rings. The summed E-state index contributed by atoms with van der Waals surface area (Å²) in [5.74, 6) is 2.90. The highest BCUT2D eigenvalue weighted by molar-refractivity contribution is 7.16. The molecule has 1 aliphatic rings. The summed E-state index contributed by atoms with van der Waals surface area (Å²) >= 11 is 1.57. The quantitative estimate of drug-likeness (QED) is 0.581. The smallest absolute Gasteiger partial charge is 0.255 e. The van der Waals surface area contributed by atoms with Crippen LogP contribution in [0.1, 0.15) is 5.56 Å². The molecule has 26 heavy (non-hydrogen) atoms. The van der Waals surface area contributed by atoms with Crippen molar-refractivity contribution in [2.24, 2.45) is 0 Å². The van der Waals surface area contributed by atoms with Crippen LogP contribution in [0.3, 0.4) is 0 Å². The van der Waals surface area contributed by atoms with Crippen molar-refractivity contribution in [2.45, 2.75) is 6.42 Å². The van der Waals surface area contributed by atoms with E-state index in [0.29, 0.717) is 12.7 Å². The maximum Gasteiger partial charge on any atom is 0.255 e. The molecule has 1 aliphatic heterocycles. The maximum atomic E-state index is 5.43. The van der Waals surface area contributed by atoms with Gasteiger partial charge in [0.2, 0.25) is 6.79 Å². The Morgan fingerprint density at radius 3 is 3.04 bits per heavy atom. The molecule has 4 aromatic rings. The zero-order valence-electron chi connectivity index (χ0n) is 13.6. The zero-order valence-corrected chi connectivity index (χ0v) is 14.4. The minimum Gasteiger partial charge on any atom is -0.454 e. The second-order valence-electron chi connectivity index (χ2n) is 5.72. The molecule has 0 radical (unpaired) electrons. The normalized spacial score (nSPS) is 12.6. The molecule has 3 aromatic heterocycles. The van der Waals surface area contributed by atoms with Crippen molar-refractivity contribution in [3.05, 3.63) is 47.9 Å². The molecule has 0 aliphatic carbocycles. The standard InChI is InChI=1S/C17H14N6O2S/c1-2-13-14(25-10-24-13)7-11(1)3-5-19-15-12-4-6-26-16(12)22-17(21-15)23-9-18-8-20-23/h1-2,4,6-9H,3,5,10H2,(H,19,21,22). The van der Waals surface area contributed by atoms with E-state index in [1.807, 2.05) is 23.6 Å². The third-order valence-corrected chi connectivity index (χ3v) is 4.89. The average Bonchev–Trinajstić information content (AvgIpc) is 3.41. The van der Waals surface area contributed by atoms with E-state index in [1.54, 1.807) is 22.3 Å². The van der Waals surface area contributed by atoms with E-state index in [1.165, 1.54) is 11.9 Å². The molecule has 8 nitrogen and oxygen atoms in total. The first kappa shape index (κ1) is 15.1. The summed E-state index contributed by atoms with van der Waals surface area (Å²) in [6, 6.07) is 8.04. The Labute approximate surface area is 152 Å². The Hall–Kier alpha value is -3.20. The van der Waals surface area contributed by atoms with Gasteiger partial charge < -0.3 is 14.8 Å². The Bertz CT molecular complexity index is 1060. The molecule has 0 bridgehead atoms. The Morgan fingerprint density at radius 1 is 1.15 bits per heavy atom. The van der Waals surface area contributed by atoms with E-state index < -0.39 is 0 Å². The van der Waals surface area contributed by atoms with Gasteiger partial charge in [0, 0.05) is 6.54 Å². The lowest BCUT2D eigenvalue weighted by atomic mass is 10.1. The number of nitrogens with one attached hydrogen (secondary N) is 1. The van der Waals surface area contributed by atoms with E-state index in [4.69, 9.17) is 9.47 Å². The van der Waals surface area contributed by atoms with Crippen molar-refractivity contribution in [2.75, 3.05) is 18.7 Å². The molecule has 130 valence electrons. The first-order chi connectivity index (χ1) is 12.9. The van der Waals surface area contributed by atoms with Gasteiger partial charge in [-0.25, -0.2) is 4.98 Å². The van der Waals surface area contributed by atoms with Gasteiger partial charge >= 0.3 is 0 Å². The molecule has 4 heterocycles. The number of ether oxygens (including phenoxy) is 2. The Kier molecular flexibility index (Phi) is 3.64. The van der Waals surface area contributed by atoms with Crippen molar-refractivity contribution >= 4 is 27.4 Å². The largest absolute Gasteiger partial charge is 0.454 e. The van der Waals surface area contributed by atoms with Gasteiger partial charge in [0.05, 0.1) is 5.39 Å². The second-order valence-corrected chi connectivity index (χ2v) is 6.61. The second kappa shape index (κ2) is 6.26. The molecule has 0 saturated heterocycles. The van der Waals surface area contributed by atoms with Crippen molar-refractivity contribution in [3.63, 3.8) is 0 Å². The highest BCUT2D eigenvalue weighted by atomic mass is 32.1. The molecular formula is C17H14N6O2S. The van der Waals surface area contributed by atoms with Crippen LogP contribution in [-0.4, -0.2) is 38.1 Å². The van der Waals surface area contributed by atoms with Crippen LogP contribution in [0.25, 0.3) is 16.2 Å². The summed E-state index contributed by atoms with van der Waals surface area (Å²) in [5.41, 5.74) is 1.17. The molecule has 0 spiro atoms. The van der Waals surface area contributed by atoms with E-state index in [0.717, 1.165) is 40.5 Å². The molecule has 0 saturated carbocycles. The lowest BCUT2D eigenvalue weighted by Gasteiger charge is -2.09. The predicted molar refractivity (Wildman–Crippen MR) is 97.1 cm³/mol. The first-order valence-electron chi connectivity index (χ1n) is 8.09. The molecule has 0 unspecified atom stereocenters. The Balaban J connectivity index is 1.36. The number of rotatable bonds is 5. The maximum absolute atomic E-state index is 5.43. The summed E-state index contributed by atoms with van der Waals surface area (Å²) in [6.45, 7) is 1.03. The molecule has 0 amide bonds. The summed E-state index contributed by atoms with van der Waals surface area (Å²) in [4.78, 5) is 14.0. The molecule has 9 heteroatoms. The van der Waals surface area contributed by atoms with Crippen LogP contribution < -0.4 is 14.8 Å². The predicted octanol–water partition coefficient (Wildman–Crippen LogP) is 2.66. The van der Waals surface area contributed by atoms with Gasteiger partial charge in [-0.05, 0) is 35.6 Å². The van der Waals surface area contributed by atoms with Gasteiger partial charge in [-0.2, -0.15) is 19.7 Å². The third kappa shape index (κ3) is 2.72. The van der Waals surface area contributed by atoms with Gasteiger partial charge in [0.25, 0.3) is 5.95 Å². The summed E-state index contributed by atoms with van der Waals surface area (Å²) < 4.78 is 12.3. The van der Waals surface area contributed by atoms with Gasteiger partial charge in [0.15, 0.2) is 11.5 Å². The van der Waals surface area contributed by atoms with Crippen molar-refractivity contribution in [1.29, 1.82) is 0 Å². The first-order valence-corrected chi connectivity index (χ1v) is 8.97. The number of anilines is 1. The SMILES string of the molecule is c1ncn(-c2nc(NCCc3ccc4c(c3)OCO4)c3ccsc3n2)n1. The fourth-order valence-electron chi connectivity index (χ4n) is 2.81. The number of benzene rings is 1. The van der Waals surface area contributed by atoms with E-state index in [-0.39, 0.29) is 0 Å². The lowest BCUT2D eigenvalue weighted by Crippen LogP contribution is -2.09. The number of fused-ring (bicyclic) bond motifs is 2. The summed E-state index contributed by atoms with van der Waals surface area (Å²) in [5, 5.41) is 10.5. The molecular weight excluding hydrogens is 352 g/mol. The molecule has 5 rings (SSSR count). The van der Waals surface area contributed by atoms with E-state index in [2.05, 4.69) is 31.4 Å². The molecule has 1 aromatic carbocycles. The highest BCUT2D eigenvalue weighted by Crippen LogP contribution is 2.32. The minimum atomic E-state index is 0.291. The van der Waals surface area contributed by atoms with Gasteiger partial charge in [-0.15, -0.1) is 11.3 Å². The zero-order chi connectivity index (χ0) is 17.3. The summed E-state index contributed by atoms with van der Waals surface area (Å²) in [7, 11) is 0. The van der Waals surface area contributed by atoms with Crippen molar-refractivity contribution < 1.29 is 9.47 Å². The minimum absolute atomic E-state index is 0.291. The van der Waals surface area contributed by atoms with Gasteiger partial charge in [0.1, 0.15) is 23.3 Å². The van der Waals surface area contributed by atoms with E-state index in [9.17, 15) is 0 Å². The third-order valence-electron chi connectivity index (χ3n) is 4.08. The van der Waals surface area contributed by atoms with Crippen LogP contribution in [0.4, 0.5) is 5.82 Å². The molecule has 1 N–H and O–H groups in total. The lowest BCUT2D eigenvalue weighted by molar-refractivity contribution is 0.174. The van der Waals surface area contributed by atoms with Crippen LogP contribution in [0.5, 0.6) is 11.5 Å². The van der Waals surface area contributed by atoms with Crippen molar-refractivity contribution in [3.8, 4) is 17.4 Å². The number of thiophene rings is 1. The number of aromatic nitrogens is 5. The van der Waals surface area contributed by atoms with Crippen LogP contribution in [0.15, 0.2) is 42.3 Å². The van der Waals surface area contributed by atoms with E-state index >= 15 is 0 Å². The fraction of sp³-hybridized carbons (Fsp3) is 0.176. The Morgan fingerprint density at radius 2 is 2.12 bits per heavy atom. The van der Waals surface area contributed by atoms with Gasteiger partial charge in [-0.1, -0.05) is 6.07 Å². The topological polar surface area (TPSA) is 87.0 Å². The van der Waals surface area contributed by atoms with Crippen molar-refractivity contribution in [1.82, 2.24) is 24.7 Å². The average molecular weight is 366 g/mol. The molecule has 0 atom stereocenters. The van der Waals surface area contributed by atoms with Crippen LogP contribution in [0, 0.1) is 0 Å². The highest BCUT2D eigenvalue weighted by Gasteiger charge is 2.14. The summed E-state index contributed by atoms with van der Waals surface area (Å²) in [6.07, 6.45) is 3.89. The fourth-order valence-corrected chi connectivity index (χ4v) is 3.57. The monoisotopic (exact) mass is 366 g/mol. The van der Waals surface area contributed by atoms with Crippen LogP contribution in [0.2, 0.25) is 0 Å². The number of hydrogen-bond acceptors (Lipinski definition) is 8. The number of hydrogen-bond donors (Lipinski definition) is 1. The number of nitrogens with zero attached hydrogens (tertiary/aromatic N) is 5.